The minimum absolute atomic E-state index is 0.126. The number of hydrogen-bond acceptors (Lipinski definition) is 3. The lowest BCUT2D eigenvalue weighted by Gasteiger charge is -2.27. The van der Waals surface area contributed by atoms with Gasteiger partial charge in [-0.15, -0.1) is 11.3 Å². The Morgan fingerprint density at radius 1 is 0.489 bits per heavy atom. The maximum Gasteiger partial charge on any atom is 0.124 e. The summed E-state index contributed by atoms with van der Waals surface area (Å²) in [6.45, 7) is 4.69. The number of fused-ring (bicyclic) bond motifs is 5. The minimum atomic E-state index is -0.126. The predicted octanol–water partition coefficient (Wildman–Crippen LogP) is 12.6. The van der Waals surface area contributed by atoms with Crippen molar-refractivity contribution in [3.63, 3.8) is 0 Å². The third-order valence-corrected chi connectivity index (χ3v) is 10.7. The largest absolute Gasteiger partial charge is 0.310 e. The second-order valence-corrected chi connectivity index (χ2v) is 13.9. The van der Waals surface area contributed by atoms with Crippen molar-refractivity contribution in [1.82, 2.24) is 4.98 Å². The molecule has 1 aliphatic rings. The third-order valence-electron chi connectivity index (χ3n) is 9.67. The van der Waals surface area contributed by atoms with E-state index in [1.165, 1.54) is 54.4 Å². The van der Waals surface area contributed by atoms with Gasteiger partial charge in [0.2, 0.25) is 0 Å². The Hall–Kier alpha value is -5.51. The van der Waals surface area contributed by atoms with Crippen molar-refractivity contribution in [2.24, 2.45) is 0 Å². The second-order valence-electron chi connectivity index (χ2n) is 12.9. The van der Waals surface area contributed by atoms with Gasteiger partial charge in [-0.2, -0.15) is 0 Å². The van der Waals surface area contributed by atoms with E-state index in [2.05, 4.69) is 176 Å². The molecule has 7 aromatic carbocycles. The van der Waals surface area contributed by atoms with Gasteiger partial charge in [-0.05, 0) is 92.7 Å². The molecule has 0 saturated carbocycles. The molecule has 0 unspecified atom stereocenters. The van der Waals surface area contributed by atoms with Crippen molar-refractivity contribution in [2.75, 3.05) is 4.90 Å². The molecule has 1 aromatic heterocycles. The van der Waals surface area contributed by atoms with Crippen molar-refractivity contribution in [1.29, 1.82) is 0 Å². The van der Waals surface area contributed by atoms with E-state index in [0.717, 1.165) is 27.6 Å². The van der Waals surface area contributed by atoms with Crippen LogP contribution in [0.4, 0.5) is 17.1 Å². The van der Waals surface area contributed by atoms with E-state index in [0.29, 0.717) is 0 Å². The van der Waals surface area contributed by atoms with Gasteiger partial charge in [-0.25, -0.2) is 4.98 Å². The van der Waals surface area contributed by atoms with Crippen molar-refractivity contribution in [2.45, 2.75) is 19.3 Å². The third kappa shape index (κ3) is 4.66. The smallest absolute Gasteiger partial charge is 0.124 e. The van der Waals surface area contributed by atoms with Crippen LogP contribution < -0.4 is 4.90 Å². The van der Waals surface area contributed by atoms with Crippen LogP contribution in [-0.2, 0) is 5.41 Å². The molecule has 224 valence electrons. The normalized spacial score (nSPS) is 13.1. The molecule has 1 aliphatic carbocycles. The number of anilines is 3. The summed E-state index contributed by atoms with van der Waals surface area (Å²) in [6.07, 6.45) is 0. The standard InChI is InChI=1S/C44H32N2S/c1-44(2)39-24-23-36(26-37(39)38-27-42-41(28-40(38)44)45-43(47-42)32-14-7-4-8-15-32)46(35-22-19-30-13-9-10-16-33(30)25-35)34-20-17-31(18-21-34)29-11-5-3-6-12-29/h3-28H,1-2H3. The summed E-state index contributed by atoms with van der Waals surface area (Å²) in [5.74, 6) is 0. The lowest BCUT2D eigenvalue weighted by atomic mass is 9.82. The fourth-order valence-corrected chi connectivity index (χ4v) is 8.19. The molecule has 2 nitrogen and oxygen atoms in total. The van der Waals surface area contributed by atoms with Crippen LogP contribution in [-0.4, -0.2) is 4.98 Å². The first-order valence-electron chi connectivity index (χ1n) is 16.1. The molecule has 0 fully saturated rings. The number of rotatable bonds is 5. The molecular weight excluding hydrogens is 589 g/mol. The molecule has 0 radical (unpaired) electrons. The summed E-state index contributed by atoms with van der Waals surface area (Å²) < 4.78 is 1.22. The molecule has 0 aliphatic heterocycles. The van der Waals surface area contributed by atoms with E-state index in [-0.39, 0.29) is 5.41 Å². The van der Waals surface area contributed by atoms with E-state index < -0.39 is 0 Å². The quantitative estimate of drug-likeness (QED) is 0.190. The van der Waals surface area contributed by atoms with Crippen LogP contribution in [0.15, 0.2) is 158 Å². The highest BCUT2D eigenvalue weighted by Crippen LogP contribution is 2.52. The van der Waals surface area contributed by atoms with Crippen LogP contribution in [0, 0.1) is 0 Å². The van der Waals surface area contributed by atoms with Crippen LogP contribution in [0.2, 0.25) is 0 Å². The van der Waals surface area contributed by atoms with Gasteiger partial charge in [0.05, 0.1) is 10.2 Å². The zero-order chi connectivity index (χ0) is 31.5. The Balaban J connectivity index is 1.20. The van der Waals surface area contributed by atoms with Crippen molar-refractivity contribution in [3.8, 4) is 32.8 Å². The number of nitrogens with zero attached hydrogens (tertiary/aromatic N) is 2. The first kappa shape index (κ1) is 27.8. The zero-order valence-corrected chi connectivity index (χ0v) is 27.1. The molecule has 3 heteroatoms. The minimum Gasteiger partial charge on any atom is -0.310 e. The van der Waals surface area contributed by atoms with Crippen LogP contribution >= 0.6 is 11.3 Å². The molecular formula is C44H32N2S. The van der Waals surface area contributed by atoms with Gasteiger partial charge >= 0.3 is 0 Å². The first-order valence-corrected chi connectivity index (χ1v) is 16.9. The number of thiazole rings is 1. The van der Waals surface area contributed by atoms with Gasteiger partial charge in [0.25, 0.3) is 0 Å². The average Bonchev–Trinajstić information content (AvgIpc) is 3.64. The molecule has 9 rings (SSSR count). The zero-order valence-electron chi connectivity index (χ0n) is 26.3. The maximum atomic E-state index is 5.08. The lowest BCUT2D eigenvalue weighted by molar-refractivity contribution is 0.661. The Morgan fingerprint density at radius 3 is 1.85 bits per heavy atom. The molecule has 0 saturated heterocycles. The molecule has 0 N–H and O–H groups in total. The molecule has 8 aromatic rings. The molecule has 0 spiro atoms. The summed E-state index contributed by atoms with van der Waals surface area (Å²) >= 11 is 1.77. The maximum absolute atomic E-state index is 5.08. The van der Waals surface area contributed by atoms with Crippen molar-refractivity contribution >= 4 is 49.4 Å². The highest BCUT2D eigenvalue weighted by Gasteiger charge is 2.36. The summed E-state index contributed by atoms with van der Waals surface area (Å²) in [5, 5.41) is 3.53. The fraction of sp³-hybridized carbons (Fsp3) is 0.0682. The van der Waals surface area contributed by atoms with Gasteiger partial charge in [-0.3, -0.25) is 0 Å². The van der Waals surface area contributed by atoms with E-state index in [4.69, 9.17) is 4.98 Å². The van der Waals surface area contributed by atoms with Crippen LogP contribution in [0.25, 0.3) is 53.8 Å². The lowest BCUT2D eigenvalue weighted by Crippen LogP contribution is -2.15. The molecule has 47 heavy (non-hydrogen) atoms. The van der Waals surface area contributed by atoms with Gasteiger partial charge in [0.15, 0.2) is 0 Å². The topological polar surface area (TPSA) is 16.1 Å². The first-order chi connectivity index (χ1) is 23.0. The number of hydrogen-bond donors (Lipinski definition) is 0. The number of aromatic nitrogens is 1. The van der Waals surface area contributed by atoms with Crippen LogP contribution in [0.5, 0.6) is 0 Å². The Morgan fingerprint density at radius 2 is 1.09 bits per heavy atom. The van der Waals surface area contributed by atoms with E-state index in [1.54, 1.807) is 11.3 Å². The van der Waals surface area contributed by atoms with E-state index >= 15 is 0 Å². The fourth-order valence-electron chi connectivity index (χ4n) is 7.20. The SMILES string of the molecule is CC1(C)c2ccc(N(c3ccc(-c4ccccc4)cc3)c3ccc4ccccc4c3)cc2-c2cc3sc(-c4ccccc4)nc3cc21. The second kappa shape index (κ2) is 10.8. The van der Waals surface area contributed by atoms with Crippen molar-refractivity contribution < 1.29 is 0 Å². The number of benzene rings is 7. The monoisotopic (exact) mass is 620 g/mol. The highest BCUT2D eigenvalue weighted by molar-refractivity contribution is 7.21. The van der Waals surface area contributed by atoms with Gasteiger partial charge in [0, 0.05) is 28.0 Å². The van der Waals surface area contributed by atoms with Gasteiger partial charge in [0.1, 0.15) is 5.01 Å². The highest BCUT2D eigenvalue weighted by atomic mass is 32.1. The van der Waals surface area contributed by atoms with Crippen molar-refractivity contribution in [3.05, 3.63) is 169 Å². The Kier molecular flexibility index (Phi) is 6.38. The predicted molar refractivity (Wildman–Crippen MR) is 200 cm³/mol. The Labute approximate surface area is 279 Å². The molecule has 0 amide bonds. The van der Waals surface area contributed by atoms with Crippen LogP contribution in [0.1, 0.15) is 25.0 Å². The molecule has 1 heterocycles. The van der Waals surface area contributed by atoms with E-state index in [1.807, 2.05) is 0 Å². The summed E-state index contributed by atoms with van der Waals surface area (Å²) in [7, 11) is 0. The average molecular weight is 621 g/mol. The van der Waals surface area contributed by atoms with Crippen LogP contribution in [0.3, 0.4) is 0 Å². The Bertz CT molecular complexity index is 2420. The van der Waals surface area contributed by atoms with E-state index in [9.17, 15) is 0 Å². The van der Waals surface area contributed by atoms with Gasteiger partial charge in [-0.1, -0.05) is 123 Å². The molecule has 0 atom stereocenters. The molecule has 0 bridgehead atoms. The van der Waals surface area contributed by atoms with Gasteiger partial charge < -0.3 is 4.90 Å². The summed E-state index contributed by atoms with van der Waals surface area (Å²) in [6, 6.07) is 57.1. The summed E-state index contributed by atoms with van der Waals surface area (Å²) in [5.41, 5.74) is 13.3. The summed E-state index contributed by atoms with van der Waals surface area (Å²) in [4.78, 5) is 7.47.